The van der Waals surface area contributed by atoms with Crippen molar-refractivity contribution in [2.24, 2.45) is 5.92 Å². The first-order valence-corrected chi connectivity index (χ1v) is 7.16. The van der Waals surface area contributed by atoms with Crippen molar-refractivity contribution >= 4 is 21.9 Å². The first kappa shape index (κ1) is 15.1. The molecule has 1 heterocycles. The quantitative estimate of drug-likeness (QED) is 0.879. The van der Waals surface area contributed by atoms with Crippen LogP contribution in [0.1, 0.15) is 23.6 Å². The van der Waals surface area contributed by atoms with Crippen LogP contribution in [0.25, 0.3) is 0 Å². The van der Waals surface area contributed by atoms with Crippen molar-refractivity contribution in [3.05, 3.63) is 21.7 Å². The van der Waals surface area contributed by atoms with Gasteiger partial charge in [-0.25, -0.2) is 0 Å². The van der Waals surface area contributed by atoms with E-state index in [1.807, 2.05) is 13.0 Å². The minimum absolute atomic E-state index is 0.0609. The van der Waals surface area contributed by atoms with Crippen molar-refractivity contribution in [2.45, 2.75) is 19.4 Å². The van der Waals surface area contributed by atoms with Gasteiger partial charge in [0.1, 0.15) is 0 Å². The zero-order chi connectivity index (χ0) is 14.9. The molecular formula is C14H18BrNO4. The van der Waals surface area contributed by atoms with Crippen LogP contribution in [0.2, 0.25) is 0 Å². The van der Waals surface area contributed by atoms with Crippen molar-refractivity contribution in [3.8, 4) is 11.5 Å². The average molecular weight is 344 g/mol. The van der Waals surface area contributed by atoms with Crippen molar-refractivity contribution < 1.29 is 19.4 Å². The highest BCUT2D eigenvalue weighted by atomic mass is 79.9. The van der Waals surface area contributed by atoms with Gasteiger partial charge in [0.25, 0.3) is 0 Å². The predicted octanol–water partition coefficient (Wildman–Crippen LogP) is 2.51. The molecule has 1 saturated heterocycles. The zero-order valence-corrected chi connectivity index (χ0v) is 13.3. The summed E-state index contributed by atoms with van der Waals surface area (Å²) in [4.78, 5) is 11.1. The molecule has 0 amide bonds. The number of rotatable bonds is 4. The molecule has 0 saturated carbocycles. The number of methoxy groups -OCH3 is 2. The van der Waals surface area contributed by atoms with E-state index in [1.165, 1.54) is 0 Å². The van der Waals surface area contributed by atoms with E-state index in [-0.39, 0.29) is 12.0 Å². The van der Waals surface area contributed by atoms with E-state index in [9.17, 15) is 4.79 Å². The highest BCUT2D eigenvalue weighted by Crippen LogP contribution is 2.44. The van der Waals surface area contributed by atoms with Gasteiger partial charge in [-0.3, -0.25) is 4.79 Å². The number of aliphatic carboxylic acids is 1. The van der Waals surface area contributed by atoms with Gasteiger partial charge in [-0.2, -0.15) is 0 Å². The summed E-state index contributed by atoms with van der Waals surface area (Å²) in [7, 11) is 3.18. The van der Waals surface area contributed by atoms with E-state index in [1.54, 1.807) is 14.2 Å². The van der Waals surface area contributed by atoms with Crippen LogP contribution in [0.5, 0.6) is 11.5 Å². The van der Waals surface area contributed by atoms with Crippen molar-refractivity contribution in [1.29, 1.82) is 0 Å². The Kier molecular flexibility index (Phi) is 4.55. The van der Waals surface area contributed by atoms with E-state index in [4.69, 9.17) is 14.6 Å². The molecule has 0 aliphatic carbocycles. The number of nitrogens with one attached hydrogen (secondary N) is 1. The molecule has 0 spiro atoms. The highest BCUT2D eigenvalue weighted by molar-refractivity contribution is 9.10. The number of ether oxygens (including phenoxy) is 2. The van der Waals surface area contributed by atoms with Gasteiger partial charge in [0, 0.05) is 22.6 Å². The van der Waals surface area contributed by atoms with Crippen LogP contribution in [-0.4, -0.2) is 31.8 Å². The fraction of sp³-hybridized carbons (Fsp3) is 0.500. The molecule has 5 nitrogen and oxygen atoms in total. The zero-order valence-electron chi connectivity index (χ0n) is 11.7. The molecule has 1 fully saturated rings. The second-order valence-corrected chi connectivity index (χ2v) is 5.68. The smallest absolute Gasteiger partial charge is 0.307 e. The minimum Gasteiger partial charge on any atom is -0.493 e. The number of halogens is 1. The molecule has 2 rings (SSSR count). The number of hydrogen-bond acceptors (Lipinski definition) is 4. The Labute approximate surface area is 126 Å². The van der Waals surface area contributed by atoms with Gasteiger partial charge in [0.15, 0.2) is 11.5 Å². The lowest BCUT2D eigenvalue weighted by atomic mass is 9.97. The Morgan fingerprint density at radius 2 is 2.15 bits per heavy atom. The monoisotopic (exact) mass is 343 g/mol. The summed E-state index contributed by atoms with van der Waals surface area (Å²) in [6.07, 6.45) is 0.539. The van der Waals surface area contributed by atoms with Crippen LogP contribution >= 0.6 is 15.9 Å². The average Bonchev–Trinajstić information content (AvgIpc) is 2.90. The summed E-state index contributed by atoms with van der Waals surface area (Å²) >= 11 is 3.58. The Morgan fingerprint density at radius 1 is 1.45 bits per heavy atom. The molecule has 2 atom stereocenters. The van der Waals surface area contributed by atoms with Crippen LogP contribution in [0.3, 0.4) is 0 Å². The molecule has 0 bridgehead atoms. The molecule has 2 unspecified atom stereocenters. The van der Waals surface area contributed by atoms with Gasteiger partial charge in [0.05, 0.1) is 20.1 Å². The van der Waals surface area contributed by atoms with Crippen LogP contribution in [0.4, 0.5) is 0 Å². The van der Waals surface area contributed by atoms with Gasteiger partial charge in [-0.05, 0) is 25.0 Å². The number of hydrogen-bond donors (Lipinski definition) is 2. The van der Waals surface area contributed by atoms with Gasteiger partial charge in [-0.15, -0.1) is 0 Å². The fourth-order valence-corrected chi connectivity index (χ4v) is 3.16. The third-order valence-corrected chi connectivity index (χ3v) is 4.70. The van der Waals surface area contributed by atoms with Crippen LogP contribution < -0.4 is 14.8 Å². The SMILES string of the molecule is COc1cc(C)c(Br)c(C2CC(C(=O)O)CN2)c1OC. The number of carboxylic acids is 1. The topological polar surface area (TPSA) is 67.8 Å². The minimum atomic E-state index is -0.769. The van der Waals surface area contributed by atoms with Gasteiger partial charge in [-0.1, -0.05) is 15.9 Å². The molecular weight excluding hydrogens is 326 g/mol. The first-order chi connectivity index (χ1) is 9.49. The maximum atomic E-state index is 11.1. The van der Waals surface area contributed by atoms with E-state index in [2.05, 4.69) is 21.2 Å². The Bertz CT molecular complexity index is 532. The summed E-state index contributed by atoms with van der Waals surface area (Å²) in [5, 5.41) is 12.4. The summed E-state index contributed by atoms with van der Waals surface area (Å²) in [6, 6.07) is 1.84. The molecule has 20 heavy (non-hydrogen) atoms. The number of benzene rings is 1. The molecule has 1 aromatic carbocycles. The molecule has 1 aliphatic heterocycles. The van der Waals surface area contributed by atoms with Crippen LogP contribution in [-0.2, 0) is 4.79 Å². The van der Waals surface area contributed by atoms with E-state index < -0.39 is 5.97 Å². The lowest BCUT2D eigenvalue weighted by molar-refractivity contribution is -0.141. The van der Waals surface area contributed by atoms with Gasteiger partial charge < -0.3 is 19.9 Å². The second kappa shape index (κ2) is 6.01. The van der Waals surface area contributed by atoms with E-state index in [0.29, 0.717) is 24.5 Å². The molecule has 2 N–H and O–H groups in total. The van der Waals surface area contributed by atoms with Gasteiger partial charge >= 0.3 is 5.97 Å². The summed E-state index contributed by atoms with van der Waals surface area (Å²) < 4.78 is 11.8. The predicted molar refractivity (Wildman–Crippen MR) is 78.5 cm³/mol. The number of carboxylic acid groups (broad SMARTS) is 1. The molecule has 0 radical (unpaired) electrons. The van der Waals surface area contributed by atoms with Gasteiger partial charge in [0.2, 0.25) is 0 Å². The molecule has 6 heteroatoms. The highest BCUT2D eigenvalue weighted by Gasteiger charge is 2.34. The summed E-state index contributed by atoms with van der Waals surface area (Å²) in [6.45, 7) is 2.44. The normalized spacial score (nSPS) is 21.8. The van der Waals surface area contributed by atoms with Crippen LogP contribution in [0.15, 0.2) is 10.5 Å². The second-order valence-electron chi connectivity index (χ2n) is 4.89. The summed E-state index contributed by atoms with van der Waals surface area (Å²) in [5.41, 5.74) is 1.95. The lowest BCUT2D eigenvalue weighted by Crippen LogP contribution is -2.18. The van der Waals surface area contributed by atoms with Crippen molar-refractivity contribution in [3.63, 3.8) is 0 Å². The largest absolute Gasteiger partial charge is 0.493 e. The molecule has 1 aromatic rings. The Hall–Kier alpha value is -1.27. The third-order valence-electron chi connectivity index (χ3n) is 3.65. The maximum Gasteiger partial charge on any atom is 0.307 e. The van der Waals surface area contributed by atoms with Crippen molar-refractivity contribution in [1.82, 2.24) is 5.32 Å². The summed E-state index contributed by atoms with van der Waals surface area (Å²) in [5.74, 6) is 0.162. The lowest BCUT2D eigenvalue weighted by Gasteiger charge is -2.21. The Balaban J connectivity index is 2.45. The molecule has 0 aromatic heterocycles. The maximum absolute atomic E-state index is 11.1. The fourth-order valence-electron chi connectivity index (χ4n) is 2.59. The standard InChI is InChI=1S/C14H18BrNO4/c1-7-4-10(19-2)13(20-3)11(12(7)15)9-5-8(6-16-9)14(17)18/h4,8-9,16H,5-6H2,1-3H3,(H,17,18). The molecule has 1 aliphatic rings. The van der Waals surface area contributed by atoms with E-state index >= 15 is 0 Å². The third kappa shape index (κ3) is 2.62. The number of carbonyl (C=O) groups is 1. The Morgan fingerprint density at radius 3 is 2.65 bits per heavy atom. The van der Waals surface area contributed by atoms with Crippen molar-refractivity contribution in [2.75, 3.05) is 20.8 Å². The molecule has 110 valence electrons. The first-order valence-electron chi connectivity index (χ1n) is 6.36. The number of aryl methyl sites for hydroxylation is 1. The van der Waals surface area contributed by atoms with Crippen LogP contribution in [0, 0.1) is 12.8 Å². The van der Waals surface area contributed by atoms with E-state index in [0.717, 1.165) is 15.6 Å².